The lowest BCUT2D eigenvalue weighted by molar-refractivity contribution is 0.177. The van der Waals surface area contributed by atoms with Crippen molar-refractivity contribution in [3.63, 3.8) is 0 Å². The van der Waals surface area contributed by atoms with Gasteiger partial charge in [0, 0.05) is 6.54 Å². The Morgan fingerprint density at radius 3 is 2.60 bits per heavy atom. The maximum atomic E-state index is 10.0. The summed E-state index contributed by atoms with van der Waals surface area (Å²) in [7, 11) is 1.82. The Morgan fingerprint density at radius 1 is 1.15 bits per heavy atom. The molecular weight excluding hydrogens is 250 g/mol. The van der Waals surface area contributed by atoms with Gasteiger partial charge in [-0.2, -0.15) is 0 Å². The molecular formula is C17H21NO2. The molecule has 0 aliphatic heterocycles. The van der Waals surface area contributed by atoms with Crippen LogP contribution in [0.5, 0.6) is 5.75 Å². The molecule has 0 saturated heterocycles. The molecule has 2 aromatic rings. The average molecular weight is 271 g/mol. The van der Waals surface area contributed by atoms with Crippen LogP contribution in [0.4, 0.5) is 0 Å². The van der Waals surface area contributed by atoms with Crippen molar-refractivity contribution in [3.05, 3.63) is 65.2 Å². The molecule has 0 aliphatic carbocycles. The van der Waals surface area contributed by atoms with Crippen LogP contribution in [-0.2, 0) is 6.61 Å². The van der Waals surface area contributed by atoms with Crippen molar-refractivity contribution in [1.82, 2.24) is 5.32 Å². The number of aryl methyl sites for hydroxylation is 1. The lowest BCUT2D eigenvalue weighted by Gasteiger charge is -2.14. The van der Waals surface area contributed by atoms with E-state index in [1.54, 1.807) is 0 Å². The molecule has 3 nitrogen and oxygen atoms in total. The lowest BCUT2D eigenvalue weighted by Crippen LogP contribution is -2.16. The van der Waals surface area contributed by atoms with Crippen LogP contribution in [0, 0.1) is 6.92 Å². The van der Waals surface area contributed by atoms with Crippen LogP contribution in [0.25, 0.3) is 0 Å². The average Bonchev–Trinajstić information content (AvgIpc) is 2.47. The minimum atomic E-state index is -0.514. The fourth-order valence-corrected chi connectivity index (χ4v) is 2.03. The van der Waals surface area contributed by atoms with Crippen molar-refractivity contribution in [2.24, 2.45) is 0 Å². The molecule has 0 aromatic heterocycles. The fraction of sp³-hybridized carbons (Fsp3) is 0.294. The fourth-order valence-electron chi connectivity index (χ4n) is 2.03. The van der Waals surface area contributed by atoms with E-state index in [-0.39, 0.29) is 0 Å². The summed E-state index contributed by atoms with van der Waals surface area (Å²) in [4.78, 5) is 0. The number of likely N-dealkylation sites (N-methyl/N-ethyl adjacent to an activating group) is 1. The normalized spacial score (nSPS) is 12.2. The first-order chi connectivity index (χ1) is 9.70. The molecule has 20 heavy (non-hydrogen) atoms. The molecule has 0 fully saturated rings. The van der Waals surface area contributed by atoms with Gasteiger partial charge in [0.2, 0.25) is 0 Å². The number of hydrogen-bond donors (Lipinski definition) is 2. The highest BCUT2D eigenvalue weighted by atomic mass is 16.5. The standard InChI is InChI=1S/C17H21NO2/c1-13-8-9-15(16(19)11-18-2)10-17(13)20-12-14-6-4-3-5-7-14/h3-10,16,18-19H,11-12H2,1-2H3. The molecule has 0 spiro atoms. The van der Waals surface area contributed by atoms with Crippen molar-refractivity contribution in [1.29, 1.82) is 0 Å². The number of hydrogen-bond acceptors (Lipinski definition) is 3. The van der Waals surface area contributed by atoms with E-state index in [0.717, 1.165) is 22.4 Å². The second kappa shape index (κ2) is 7.08. The summed E-state index contributed by atoms with van der Waals surface area (Å²) in [6, 6.07) is 15.9. The van der Waals surface area contributed by atoms with Gasteiger partial charge in [0.15, 0.2) is 0 Å². The molecule has 0 radical (unpaired) electrons. The van der Waals surface area contributed by atoms with Crippen molar-refractivity contribution >= 4 is 0 Å². The van der Waals surface area contributed by atoms with Crippen molar-refractivity contribution in [3.8, 4) is 5.75 Å². The minimum absolute atomic E-state index is 0.514. The Bertz CT molecular complexity index is 540. The van der Waals surface area contributed by atoms with Gasteiger partial charge in [-0.05, 0) is 36.7 Å². The van der Waals surface area contributed by atoms with E-state index in [4.69, 9.17) is 4.74 Å². The summed E-state index contributed by atoms with van der Waals surface area (Å²) in [5.41, 5.74) is 3.07. The number of aliphatic hydroxyl groups is 1. The first kappa shape index (κ1) is 14.6. The van der Waals surface area contributed by atoms with Crippen LogP contribution in [0.2, 0.25) is 0 Å². The largest absolute Gasteiger partial charge is 0.489 e. The number of rotatable bonds is 6. The SMILES string of the molecule is CNCC(O)c1ccc(C)c(OCc2ccccc2)c1. The van der Waals surface area contributed by atoms with Crippen molar-refractivity contribution in [2.45, 2.75) is 19.6 Å². The summed E-state index contributed by atoms with van der Waals surface area (Å²) in [6.45, 7) is 3.07. The number of benzene rings is 2. The molecule has 106 valence electrons. The summed E-state index contributed by atoms with van der Waals surface area (Å²) in [5.74, 6) is 0.821. The summed E-state index contributed by atoms with van der Waals surface area (Å²) < 4.78 is 5.86. The van der Waals surface area contributed by atoms with Crippen LogP contribution in [0.15, 0.2) is 48.5 Å². The molecule has 2 aromatic carbocycles. The highest BCUT2D eigenvalue weighted by Crippen LogP contribution is 2.24. The Morgan fingerprint density at radius 2 is 1.90 bits per heavy atom. The van der Waals surface area contributed by atoms with Crippen LogP contribution in [0.3, 0.4) is 0 Å². The van der Waals surface area contributed by atoms with Gasteiger partial charge >= 0.3 is 0 Å². The first-order valence-corrected chi connectivity index (χ1v) is 6.80. The Kier molecular flexibility index (Phi) is 5.16. The van der Waals surface area contributed by atoms with Gasteiger partial charge < -0.3 is 15.2 Å². The molecule has 2 rings (SSSR count). The zero-order chi connectivity index (χ0) is 14.4. The highest BCUT2D eigenvalue weighted by Gasteiger charge is 2.09. The van der Waals surface area contributed by atoms with Crippen molar-refractivity contribution < 1.29 is 9.84 Å². The predicted octanol–water partition coefficient (Wildman–Crippen LogP) is 2.83. The highest BCUT2D eigenvalue weighted by molar-refractivity contribution is 5.37. The van der Waals surface area contributed by atoms with Gasteiger partial charge in [0.25, 0.3) is 0 Å². The van der Waals surface area contributed by atoms with Gasteiger partial charge in [-0.3, -0.25) is 0 Å². The molecule has 1 atom stereocenters. The number of aliphatic hydroxyl groups excluding tert-OH is 1. The van der Waals surface area contributed by atoms with E-state index in [1.807, 2.05) is 62.5 Å². The topological polar surface area (TPSA) is 41.5 Å². The Hall–Kier alpha value is -1.84. The van der Waals surface area contributed by atoms with Gasteiger partial charge in [-0.15, -0.1) is 0 Å². The third-order valence-corrected chi connectivity index (χ3v) is 3.23. The zero-order valence-electron chi connectivity index (χ0n) is 12.0. The molecule has 0 heterocycles. The monoisotopic (exact) mass is 271 g/mol. The second-order valence-electron chi connectivity index (χ2n) is 4.87. The quantitative estimate of drug-likeness (QED) is 0.849. The van der Waals surface area contributed by atoms with E-state index in [0.29, 0.717) is 13.2 Å². The van der Waals surface area contributed by atoms with Crippen molar-refractivity contribution in [2.75, 3.05) is 13.6 Å². The minimum Gasteiger partial charge on any atom is -0.489 e. The molecule has 0 saturated carbocycles. The number of ether oxygens (including phenoxy) is 1. The predicted molar refractivity (Wildman–Crippen MR) is 80.8 cm³/mol. The first-order valence-electron chi connectivity index (χ1n) is 6.80. The third kappa shape index (κ3) is 3.83. The van der Waals surface area contributed by atoms with Gasteiger partial charge in [0.05, 0.1) is 6.10 Å². The molecule has 2 N–H and O–H groups in total. The molecule has 0 amide bonds. The maximum absolute atomic E-state index is 10.0. The van der Waals surface area contributed by atoms with E-state index >= 15 is 0 Å². The van der Waals surface area contributed by atoms with Crippen LogP contribution >= 0.6 is 0 Å². The van der Waals surface area contributed by atoms with E-state index in [9.17, 15) is 5.11 Å². The van der Waals surface area contributed by atoms with Crippen LogP contribution in [-0.4, -0.2) is 18.7 Å². The van der Waals surface area contributed by atoms with Crippen LogP contribution < -0.4 is 10.1 Å². The number of nitrogens with one attached hydrogen (secondary N) is 1. The molecule has 1 unspecified atom stereocenters. The Labute approximate surface area is 120 Å². The lowest BCUT2D eigenvalue weighted by atomic mass is 10.1. The van der Waals surface area contributed by atoms with Gasteiger partial charge in [-0.1, -0.05) is 42.5 Å². The third-order valence-electron chi connectivity index (χ3n) is 3.23. The maximum Gasteiger partial charge on any atom is 0.123 e. The van der Waals surface area contributed by atoms with Gasteiger partial charge in [-0.25, -0.2) is 0 Å². The van der Waals surface area contributed by atoms with Gasteiger partial charge in [0.1, 0.15) is 12.4 Å². The zero-order valence-corrected chi connectivity index (χ0v) is 12.0. The summed E-state index contributed by atoms with van der Waals surface area (Å²) >= 11 is 0. The smallest absolute Gasteiger partial charge is 0.123 e. The van der Waals surface area contributed by atoms with E-state index < -0.39 is 6.10 Å². The molecule has 3 heteroatoms. The van der Waals surface area contributed by atoms with E-state index in [1.165, 1.54) is 0 Å². The summed E-state index contributed by atoms with van der Waals surface area (Å²) in [5, 5.41) is 13.0. The summed E-state index contributed by atoms with van der Waals surface area (Å²) in [6.07, 6.45) is -0.514. The second-order valence-corrected chi connectivity index (χ2v) is 4.87. The van der Waals surface area contributed by atoms with Crippen LogP contribution in [0.1, 0.15) is 22.8 Å². The molecule has 0 bridgehead atoms. The molecule has 0 aliphatic rings. The van der Waals surface area contributed by atoms with E-state index in [2.05, 4.69) is 5.32 Å². The Balaban J connectivity index is 2.08.